The minimum atomic E-state index is -0.270. The summed E-state index contributed by atoms with van der Waals surface area (Å²) in [6.45, 7) is 5.84. The molecular formula is C16H17FN2S. The summed E-state index contributed by atoms with van der Waals surface area (Å²) < 4.78 is 13.3. The molecule has 1 aliphatic heterocycles. The van der Waals surface area contributed by atoms with E-state index in [1.165, 1.54) is 17.0 Å². The van der Waals surface area contributed by atoms with Gasteiger partial charge in [0.15, 0.2) is 0 Å². The molecule has 0 unspecified atom stereocenters. The summed E-state index contributed by atoms with van der Waals surface area (Å²) in [5, 5.41) is 10.3. The fourth-order valence-electron chi connectivity index (χ4n) is 2.72. The quantitative estimate of drug-likeness (QED) is 0.908. The Morgan fingerprint density at radius 3 is 2.85 bits per heavy atom. The van der Waals surface area contributed by atoms with Crippen LogP contribution in [0.3, 0.4) is 0 Å². The molecule has 4 heteroatoms. The first kappa shape index (κ1) is 13.3. The first-order valence-corrected chi connectivity index (χ1v) is 7.52. The van der Waals surface area contributed by atoms with E-state index in [1.807, 2.05) is 4.90 Å². The topological polar surface area (TPSA) is 27.1 Å². The Morgan fingerprint density at radius 1 is 1.35 bits per heavy atom. The smallest absolute Gasteiger partial charge is 0.128 e. The van der Waals surface area contributed by atoms with Gasteiger partial charge in [-0.05, 0) is 29.1 Å². The minimum Gasteiger partial charge on any atom is -0.351 e. The molecule has 2 heterocycles. The monoisotopic (exact) mass is 288 g/mol. The van der Waals surface area contributed by atoms with Gasteiger partial charge in [0.05, 0.1) is 0 Å². The number of thiophene rings is 1. The molecule has 104 valence electrons. The van der Waals surface area contributed by atoms with E-state index < -0.39 is 0 Å². The number of nitrogens with one attached hydrogen (secondary N) is 1. The number of amidine groups is 1. The third kappa shape index (κ3) is 2.24. The number of fused-ring (bicyclic) bond motifs is 1. The highest BCUT2D eigenvalue weighted by molar-refractivity contribution is 7.10. The van der Waals surface area contributed by atoms with Crippen molar-refractivity contribution in [3.63, 3.8) is 0 Å². The van der Waals surface area contributed by atoms with Crippen molar-refractivity contribution >= 4 is 17.2 Å². The molecule has 1 aliphatic rings. The predicted octanol–water partition coefficient (Wildman–Crippen LogP) is 4.01. The summed E-state index contributed by atoms with van der Waals surface area (Å²) in [7, 11) is 0. The van der Waals surface area contributed by atoms with Crippen molar-refractivity contribution in [1.82, 2.24) is 4.90 Å². The van der Waals surface area contributed by atoms with Gasteiger partial charge in [-0.15, -0.1) is 11.3 Å². The maximum atomic E-state index is 13.3. The van der Waals surface area contributed by atoms with Crippen LogP contribution in [-0.4, -0.2) is 17.3 Å². The fourth-order valence-corrected chi connectivity index (χ4v) is 3.56. The summed E-state index contributed by atoms with van der Waals surface area (Å²) in [6.07, 6.45) is 0. The van der Waals surface area contributed by atoms with E-state index in [1.54, 1.807) is 17.4 Å². The average Bonchev–Trinajstić information content (AvgIpc) is 3.01. The minimum absolute atomic E-state index is 0.0128. The van der Waals surface area contributed by atoms with Gasteiger partial charge >= 0.3 is 0 Å². The van der Waals surface area contributed by atoms with Crippen LogP contribution in [0.2, 0.25) is 0 Å². The van der Waals surface area contributed by atoms with E-state index in [4.69, 9.17) is 5.41 Å². The van der Waals surface area contributed by atoms with Crippen molar-refractivity contribution in [3.8, 4) is 0 Å². The second kappa shape index (κ2) is 4.70. The van der Waals surface area contributed by atoms with Gasteiger partial charge < -0.3 is 4.90 Å². The lowest BCUT2D eigenvalue weighted by molar-refractivity contribution is 0.334. The number of hydrogen-bond acceptors (Lipinski definition) is 2. The molecule has 0 fully saturated rings. The molecule has 0 saturated carbocycles. The van der Waals surface area contributed by atoms with Gasteiger partial charge in [0.2, 0.25) is 0 Å². The van der Waals surface area contributed by atoms with Crippen LogP contribution in [-0.2, 0) is 12.0 Å². The van der Waals surface area contributed by atoms with Crippen molar-refractivity contribution in [2.24, 2.45) is 0 Å². The lowest BCUT2D eigenvalue weighted by Gasteiger charge is -2.30. The van der Waals surface area contributed by atoms with Crippen LogP contribution >= 0.6 is 11.3 Å². The number of hydrogen-bond donors (Lipinski definition) is 1. The van der Waals surface area contributed by atoms with Crippen LogP contribution in [0.1, 0.15) is 29.9 Å². The van der Waals surface area contributed by atoms with Crippen LogP contribution in [0, 0.1) is 11.2 Å². The Labute approximate surface area is 122 Å². The van der Waals surface area contributed by atoms with Crippen molar-refractivity contribution < 1.29 is 4.39 Å². The predicted molar refractivity (Wildman–Crippen MR) is 81.0 cm³/mol. The molecule has 1 aromatic heterocycles. The van der Waals surface area contributed by atoms with Crippen LogP contribution in [0.25, 0.3) is 0 Å². The van der Waals surface area contributed by atoms with Crippen molar-refractivity contribution in [2.45, 2.75) is 25.8 Å². The van der Waals surface area contributed by atoms with Gasteiger partial charge in [0.25, 0.3) is 0 Å². The Bertz CT molecular complexity index is 647. The molecule has 0 radical (unpaired) electrons. The summed E-state index contributed by atoms with van der Waals surface area (Å²) in [4.78, 5) is 3.34. The first-order valence-electron chi connectivity index (χ1n) is 6.64. The van der Waals surface area contributed by atoms with Crippen LogP contribution in [0.15, 0.2) is 35.7 Å². The van der Waals surface area contributed by atoms with Crippen LogP contribution in [0.5, 0.6) is 0 Å². The number of halogens is 1. The third-order valence-corrected chi connectivity index (χ3v) is 5.01. The van der Waals surface area contributed by atoms with E-state index in [9.17, 15) is 4.39 Å². The fraction of sp³-hybridized carbons (Fsp3) is 0.312. The van der Waals surface area contributed by atoms with Gasteiger partial charge in [-0.3, -0.25) is 5.41 Å². The molecule has 0 aliphatic carbocycles. The molecule has 2 aromatic rings. The van der Waals surface area contributed by atoms with Crippen molar-refractivity contribution in [2.75, 3.05) is 6.54 Å². The highest BCUT2D eigenvalue weighted by atomic mass is 32.1. The highest BCUT2D eigenvalue weighted by Crippen LogP contribution is 2.32. The largest absolute Gasteiger partial charge is 0.351 e. The number of benzene rings is 1. The second-order valence-electron chi connectivity index (χ2n) is 5.87. The van der Waals surface area contributed by atoms with Gasteiger partial charge in [-0.25, -0.2) is 4.39 Å². The number of nitrogens with zero attached hydrogens (tertiary/aromatic N) is 1. The lowest BCUT2D eigenvalue weighted by atomic mass is 9.91. The molecule has 3 rings (SSSR count). The maximum Gasteiger partial charge on any atom is 0.128 e. The standard InChI is InChI=1S/C16H17FN2S/c1-16(2,14-4-3-7-20-14)10-19-9-11-5-6-12(17)8-13(11)15(19)18/h3-8,18H,9-10H2,1-2H3. The third-order valence-electron chi connectivity index (χ3n) is 3.78. The Kier molecular flexibility index (Phi) is 3.13. The molecule has 0 amide bonds. The Hall–Kier alpha value is -1.68. The van der Waals surface area contributed by atoms with E-state index in [0.29, 0.717) is 12.4 Å². The van der Waals surface area contributed by atoms with E-state index in [-0.39, 0.29) is 11.2 Å². The summed E-state index contributed by atoms with van der Waals surface area (Å²) >= 11 is 1.74. The van der Waals surface area contributed by atoms with Gasteiger partial charge in [0, 0.05) is 28.9 Å². The molecule has 1 aromatic carbocycles. The zero-order valence-corrected chi connectivity index (χ0v) is 12.4. The summed E-state index contributed by atoms with van der Waals surface area (Å²) in [6, 6.07) is 8.92. The molecular weight excluding hydrogens is 271 g/mol. The van der Waals surface area contributed by atoms with Gasteiger partial charge in [-0.2, -0.15) is 0 Å². The van der Waals surface area contributed by atoms with Crippen LogP contribution in [0.4, 0.5) is 4.39 Å². The molecule has 2 nitrogen and oxygen atoms in total. The molecule has 0 bridgehead atoms. The molecule has 0 spiro atoms. The highest BCUT2D eigenvalue weighted by Gasteiger charge is 2.31. The zero-order valence-electron chi connectivity index (χ0n) is 11.6. The van der Waals surface area contributed by atoms with E-state index in [2.05, 4.69) is 31.4 Å². The van der Waals surface area contributed by atoms with Gasteiger partial charge in [0.1, 0.15) is 11.7 Å². The zero-order chi connectivity index (χ0) is 14.3. The normalized spacial score (nSPS) is 14.8. The van der Waals surface area contributed by atoms with Crippen molar-refractivity contribution in [1.29, 1.82) is 5.41 Å². The van der Waals surface area contributed by atoms with Crippen LogP contribution < -0.4 is 0 Å². The molecule has 20 heavy (non-hydrogen) atoms. The molecule has 0 atom stereocenters. The maximum absolute atomic E-state index is 13.3. The molecule has 1 N–H and O–H groups in total. The Balaban J connectivity index is 1.83. The summed E-state index contributed by atoms with van der Waals surface area (Å²) in [5.74, 6) is 0.164. The Morgan fingerprint density at radius 2 is 2.15 bits per heavy atom. The van der Waals surface area contributed by atoms with Crippen molar-refractivity contribution in [3.05, 3.63) is 57.5 Å². The second-order valence-corrected chi connectivity index (χ2v) is 6.82. The molecule has 0 saturated heterocycles. The van der Waals surface area contributed by atoms with Gasteiger partial charge in [-0.1, -0.05) is 26.0 Å². The SMILES string of the molecule is CC(C)(CN1Cc2ccc(F)cc2C1=N)c1cccs1. The lowest BCUT2D eigenvalue weighted by Crippen LogP contribution is -2.36. The number of rotatable bonds is 3. The van der Waals surface area contributed by atoms with E-state index in [0.717, 1.165) is 17.7 Å². The van der Waals surface area contributed by atoms with E-state index >= 15 is 0 Å². The summed E-state index contributed by atoms with van der Waals surface area (Å²) in [5.41, 5.74) is 1.76. The average molecular weight is 288 g/mol. The first-order chi connectivity index (χ1) is 9.47.